The summed E-state index contributed by atoms with van der Waals surface area (Å²) in [4.78, 5) is 24.0. The first-order valence-electron chi connectivity index (χ1n) is 8.71. The van der Waals surface area contributed by atoms with E-state index in [2.05, 4.69) is 4.98 Å². The first-order valence-corrected chi connectivity index (χ1v) is 8.71. The SMILES string of the molecule is O=C(O)c1cccc(C(=O)O)n1.OCCO.OCCO.OCCO.OCCO.OCCO. The number of carboxylic acids is 2. The molecule has 0 radical (unpaired) electrons. The van der Waals surface area contributed by atoms with Crippen molar-refractivity contribution in [3.05, 3.63) is 29.6 Å². The van der Waals surface area contributed by atoms with Crippen molar-refractivity contribution in [2.24, 2.45) is 0 Å². The lowest BCUT2D eigenvalue weighted by molar-refractivity contribution is 0.0685. The summed E-state index contributed by atoms with van der Waals surface area (Å²) in [5, 5.41) is 93.1. The second-order valence-corrected chi connectivity index (χ2v) is 4.25. The first-order chi connectivity index (χ1) is 15.2. The minimum absolute atomic E-state index is 0.125. The molecule has 192 valence electrons. The Morgan fingerprint density at radius 3 is 0.812 bits per heavy atom. The van der Waals surface area contributed by atoms with Crippen LogP contribution in [0.1, 0.15) is 21.0 Å². The standard InChI is InChI=1S/C7H5NO4.5C2H6O2/c9-6(10)4-2-1-3-5(8-4)7(11)12;5*3-1-2-4/h1-3H,(H,9,10)(H,11,12);5*3-4H,1-2H2. The van der Waals surface area contributed by atoms with E-state index in [0.717, 1.165) is 0 Å². The topological polar surface area (TPSA) is 290 Å². The minimum Gasteiger partial charge on any atom is -0.477 e. The first kappa shape index (κ1) is 40.1. The van der Waals surface area contributed by atoms with Crippen LogP contribution < -0.4 is 0 Å². The van der Waals surface area contributed by atoms with Crippen LogP contribution >= 0.6 is 0 Å². The van der Waals surface area contributed by atoms with Crippen molar-refractivity contribution in [3.8, 4) is 0 Å². The van der Waals surface area contributed by atoms with E-state index in [1.165, 1.54) is 18.2 Å². The van der Waals surface area contributed by atoms with Gasteiger partial charge in [0.25, 0.3) is 0 Å². The van der Waals surface area contributed by atoms with Crippen molar-refractivity contribution in [3.63, 3.8) is 0 Å². The van der Waals surface area contributed by atoms with E-state index in [1.54, 1.807) is 0 Å². The van der Waals surface area contributed by atoms with Gasteiger partial charge in [-0.15, -0.1) is 0 Å². The number of hydrogen-bond acceptors (Lipinski definition) is 13. The van der Waals surface area contributed by atoms with Gasteiger partial charge in [0.15, 0.2) is 0 Å². The summed E-state index contributed by atoms with van der Waals surface area (Å²) in [5.74, 6) is -2.48. The molecule has 1 aromatic heterocycles. The Bertz CT molecular complexity index is 428. The predicted molar refractivity (Wildman–Crippen MR) is 109 cm³/mol. The third-order valence-corrected chi connectivity index (χ3v) is 1.69. The Morgan fingerprint density at radius 1 is 0.500 bits per heavy atom. The lowest BCUT2D eigenvalue weighted by Crippen LogP contribution is -2.06. The summed E-state index contributed by atoms with van der Waals surface area (Å²) < 4.78 is 0. The highest BCUT2D eigenvalue weighted by atomic mass is 16.4. The second-order valence-electron chi connectivity index (χ2n) is 4.25. The van der Waals surface area contributed by atoms with Gasteiger partial charge in [0.2, 0.25) is 0 Å². The van der Waals surface area contributed by atoms with Crippen LogP contribution in [0.3, 0.4) is 0 Å². The van der Waals surface area contributed by atoms with Crippen LogP contribution in [0.5, 0.6) is 0 Å². The van der Waals surface area contributed by atoms with Crippen molar-refractivity contribution in [1.82, 2.24) is 4.98 Å². The van der Waals surface area contributed by atoms with Crippen molar-refractivity contribution in [1.29, 1.82) is 0 Å². The zero-order valence-electron chi connectivity index (χ0n) is 17.4. The van der Waals surface area contributed by atoms with Gasteiger partial charge < -0.3 is 61.3 Å². The number of aromatic carboxylic acids is 2. The molecule has 15 heteroatoms. The molecule has 0 atom stereocenters. The van der Waals surface area contributed by atoms with Gasteiger partial charge in [-0.1, -0.05) is 6.07 Å². The third-order valence-electron chi connectivity index (χ3n) is 1.69. The summed E-state index contributed by atoms with van der Waals surface area (Å²) in [5.41, 5.74) is -0.537. The molecule has 0 amide bonds. The normalized spacial score (nSPS) is 8.19. The highest BCUT2D eigenvalue weighted by Gasteiger charge is 2.08. The number of aliphatic hydroxyl groups is 10. The summed E-state index contributed by atoms with van der Waals surface area (Å²) in [6, 6.07) is 3.80. The van der Waals surface area contributed by atoms with Crippen molar-refractivity contribution in [2.75, 3.05) is 66.1 Å². The monoisotopic (exact) mass is 477 g/mol. The lowest BCUT2D eigenvalue weighted by Gasteiger charge is -1.94. The van der Waals surface area contributed by atoms with Crippen LogP contribution in [0.2, 0.25) is 0 Å². The van der Waals surface area contributed by atoms with Crippen LogP contribution in [0.15, 0.2) is 18.2 Å². The van der Waals surface area contributed by atoms with Gasteiger partial charge in [0, 0.05) is 0 Å². The largest absolute Gasteiger partial charge is 0.477 e. The summed E-state index contributed by atoms with van der Waals surface area (Å²) in [7, 11) is 0. The zero-order chi connectivity index (χ0) is 26.2. The Morgan fingerprint density at radius 2 is 0.688 bits per heavy atom. The molecule has 0 fully saturated rings. The molecule has 0 aliphatic heterocycles. The minimum atomic E-state index is -1.24. The van der Waals surface area contributed by atoms with Gasteiger partial charge >= 0.3 is 11.9 Å². The molecule has 1 heterocycles. The Hall–Kier alpha value is -2.31. The number of rotatable bonds is 7. The molecule has 0 saturated carbocycles. The fraction of sp³-hybridized carbons (Fsp3) is 0.588. The smallest absolute Gasteiger partial charge is 0.354 e. The number of hydrogen-bond donors (Lipinski definition) is 12. The Labute approximate surface area is 184 Å². The van der Waals surface area contributed by atoms with Gasteiger partial charge in [-0.25, -0.2) is 14.6 Å². The van der Waals surface area contributed by atoms with E-state index >= 15 is 0 Å². The molecule has 0 aromatic carbocycles. The molecular formula is C17H35NO14. The summed E-state index contributed by atoms with van der Waals surface area (Å²) in [6.45, 7) is -1.25. The molecular weight excluding hydrogens is 442 g/mol. The zero-order valence-corrected chi connectivity index (χ0v) is 17.4. The average molecular weight is 477 g/mol. The van der Waals surface area contributed by atoms with E-state index in [0.29, 0.717) is 0 Å². The molecule has 0 saturated heterocycles. The van der Waals surface area contributed by atoms with Gasteiger partial charge in [-0.3, -0.25) is 0 Å². The average Bonchev–Trinajstić information content (AvgIpc) is 2.84. The summed E-state index contributed by atoms with van der Waals surface area (Å²) in [6.07, 6.45) is 0. The van der Waals surface area contributed by atoms with Crippen LogP contribution in [-0.2, 0) is 0 Å². The van der Waals surface area contributed by atoms with E-state index in [-0.39, 0.29) is 77.5 Å². The van der Waals surface area contributed by atoms with E-state index < -0.39 is 11.9 Å². The molecule has 1 rings (SSSR count). The van der Waals surface area contributed by atoms with Crippen LogP contribution in [-0.4, -0.2) is 144 Å². The predicted octanol–water partition coefficient (Wildman–Crippen LogP) is -4.67. The second kappa shape index (κ2) is 39.2. The fourth-order valence-corrected chi connectivity index (χ4v) is 0.673. The molecule has 1 aromatic rings. The van der Waals surface area contributed by atoms with E-state index in [4.69, 9.17) is 61.3 Å². The molecule has 32 heavy (non-hydrogen) atoms. The van der Waals surface area contributed by atoms with Crippen molar-refractivity contribution >= 4 is 11.9 Å². The fourth-order valence-electron chi connectivity index (χ4n) is 0.673. The highest BCUT2D eigenvalue weighted by molar-refractivity contribution is 5.89. The lowest BCUT2D eigenvalue weighted by atomic mass is 10.3. The molecule has 0 bridgehead atoms. The maximum Gasteiger partial charge on any atom is 0.354 e. The summed E-state index contributed by atoms with van der Waals surface area (Å²) >= 11 is 0. The van der Waals surface area contributed by atoms with Gasteiger partial charge in [0.1, 0.15) is 11.4 Å². The Balaban J connectivity index is -0.000000102. The van der Waals surface area contributed by atoms with Crippen LogP contribution in [0.25, 0.3) is 0 Å². The van der Waals surface area contributed by atoms with Crippen molar-refractivity contribution in [2.45, 2.75) is 0 Å². The molecule has 0 aliphatic carbocycles. The number of nitrogens with zero attached hydrogens (tertiary/aromatic N) is 1. The number of aromatic nitrogens is 1. The van der Waals surface area contributed by atoms with Crippen molar-refractivity contribution < 1.29 is 70.9 Å². The number of pyridine rings is 1. The number of aliphatic hydroxyl groups excluding tert-OH is 10. The Kier molecular flexibility index (Phi) is 49.1. The maximum atomic E-state index is 10.3. The molecule has 15 nitrogen and oxygen atoms in total. The maximum absolute atomic E-state index is 10.3. The molecule has 0 unspecified atom stereocenters. The molecule has 0 aliphatic rings. The van der Waals surface area contributed by atoms with Gasteiger partial charge in [-0.05, 0) is 12.1 Å². The van der Waals surface area contributed by atoms with Crippen LogP contribution in [0, 0.1) is 0 Å². The van der Waals surface area contributed by atoms with Gasteiger partial charge in [-0.2, -0.15) is 0 Å². The molecule has 12 N–H and O–H groups in total. The quantitative estimate of drug-likeness (QED) is 0.176. The van der Waals surface area contributed by atoms with Crippen LogP contribution in [0.4, 0.5) is 0 Å². The number of carboxylic acid groups (broad SMARTS) is 2. The van der Waals surface area contributed by atoms with Gasteiger partial charge in [0.05, 0.1) is 66.1 Å². The molecule has 0 spiro atoms. The highest BCUT2D eigenvalue weighted by Crippen LogP contribution is 1.98. The third kappa shape index (κ3) is 46.1. The van der Waals surface area contributed by atoms with E-state index in [9.17, 15) is 9.59 Å². The number of carbonyl (C=O) groups is 2. The van der Waals surface area contributed by atoms with E-state index in [1.807, 2.05) is 0 Å².